The van der Waals surface area contributed by atoms with Gasteiger partial charge < -0.3 is 4.98 Å². The van der Waals surface area contributed by atoms with E-state index in [0.717, 1.165) is 18.4 Å². The van der Waals surface area contributed by atoms with Gasteiger partial charge in [-0.25, -0.2) is 8.42 Å². The molecular weight excluding hydrogens is 258 g/mol. The third-order valence-corrected chi connectivity index (χ3v) is 4.00. The van der Waals surface area contributed by atoms with E-state index in [0.29, 0.717) is 6.42 Å². The highest BCUT2D eigenvalue weighted by Crippen LogP contribution is 2.19. The third-order valence-electron chi connectivity index (χ3n) is 2.76. The Kier molecular flexibility index (Phi) is 3.74. The zero-order chi connectivity index (χ0) is 12.3. The van der Waals surface area contributed by atoms with Crippen LogP contribution >= 0.6 is 10.7 Å². The highest BCUT2D eigenvalue weighted by molar-refractivity contribution is 8.13. The van der Waals surface area contributed by atoms with Gasteiger partial charge in [-0.05, 0) is 30.9 Å². The molecule has 3 nitrogen and oxygen atoms in total. The van der Waals surface area contributed by atoms with Gasteiger partial charge in [0.15, 0.2) is 0 Å². The summed E-state index contributed by atoms with van der Waals surface area (Å²) in [4.78, 5) is 3.20. The summed E-state index contributed by atoms with van der Waals surface area (Å²) in [6.45, 7) is 0. The fourth-order valence-corrected chi connectivity index (χ4v) is 2.80. The van der Waals surface area contributed by atoms with Crippen molar-refractivity contribution in [1.82, 2.24) is 4.98 Å². The Labute approximate surface area is 105 Å². The highest BCUT2D eigenvalue weighted by atomic mass is 35.7. The Morgan fingerprint density at radius 3 is 2.71 bits per heavy atom. The van der Waals surface area contributed by atoms with Crippen LogP contribution in [0.5, 0.6) is 0 Å². The number of H-pyrrole nitrogens is 1. The first kappa shape index (κ1) is 12.5. The maximum Gasteiger partial charge on any atom is 0.232 e. The van der Waals surface area contributed by atoms with Crippen molar-refractivity contribution in [3.63, 3.8) is 0 Å². The van der Waals surface area contributed by atoms with E-state index in [9.17, 15) is 8.42 Å². The van der Waals surface area contributed by atoms with Crippen molar-refractivity contribution in [3.8, 4) is 0 Å². The smallest absolute Gasteiger partial charge is 0.232 e. The number of unbranched alkanes of at least 4 members (excludes halogenated alkanes) is 1. The molecule has 2 aromatic rings. The minimum atomic E-state index is -3.34. The lowest BCUT2D eigenvalue weighted by atomic mass is 10.1. The molecule has 0 radical (unpaired) electrons. The number of para-hydroxylation sites is 1. The first-order valence-electron chi connectivity index (χ1n) is 5.53. The largest absolute Gasteiger partial charge is 0.361 e. The molecule has 2 rings (SSSR count). The van der Waals surface area contributed by atoms with Gasteiger partial charge in [0.25, 0.3) is 0 Å². The Hall–Kier alpha value is -1.00. The number of halogens is 1. The highest BCUT2D eigenvalue weighted by Gasteiger charge is 2.06. The Morgan fingerprint density at radius 1 is 1.18 bits per heavy atom. The van der Waals surface area contributed by atoms with Crippen molar-refractivity contribution < 1.29 is 8.42 Å². The first-order valence-corrected chi connectivity index (χ1v) is 8.01. The predicted octanol–water partition coefficient (Wildman–Crippen LogP) is 3.06. The van der Waals surface area contributed by atoms with Gasteiger partial charge in [-0.15, -0.1) is 0 Å². The molecule has 0 unspecified atom stereocenters. The van der Waals surface area contributed by atoms with Gasteiger partial charge in [-0.1, -0.05) is 18.2 Å². The molecule has 0 amide bonds. The fraction of sp³-hybridized carbons (Fsp3) is 0.333. The number of hydrogen-bond donors (Lipinski definition) is 1. The molecule has 1 aromatic carbocycles. The second kappa shape index (κ2) is 5.10. The Morgan fingerprint density at radius 2 is 1.94 bits per heavy atom. The number of aromatic nitrogens is 1. The Bertz CT molecular complexity index is 604. The number of hydrogen-bond acceptors (Lipinski definition) is 2. The van der Waals surface area contributed by atoms with Crippen LogP contribution in [-0.4, -0.2) is 19.2 Å². The van der Waals surface area contributed by atoms with Gasteiger partial charge in [0.2, 0.25) is 9.05 Å². The van der Waals surface area contributed by atoms with E-state index in [2.05, 4.69) is 11.1 Å². The monoisotopic (exact) mass is 271 g/mol. The Balaban J connectivity index is 1.96. The summed E-state index contributed by atoms with van der Waals surface area (Å²) in [7, 11) is 1.81. The van der Waals surface area contributed by atoms with Crippen LogP contribution in [0.15, 0.2) is 30.5 Å². The summed E-state index contributed by atoms with van der Waals surface area (Å²) in [5.74, 6) is 0.0525. The van der Waals surface area contributed by atoms with Crippen molar-refractivity contribution >= 4 is 30.6 Å². The third kappa shape index (κ3) is 3.48. The maximum atomic E-state index is 10.8. The molecule has 0 saturated heterocycles. The second-order valence-electron chi connectivity index (χ2n) is 4.06. The topological polar surface area (TPSA) is 49.9 Å². The van der Waals surface area contributed by atoms with Crippen molar-refractivity contribution in [2.24, 2.45) is 0 Å². The molecule has 0 fully saturated rings. The average Bonchev–Trinajstić information content (AvgIpc) is 2.67. The molecule has 0 aliphatic carbocycles. The van der Waals surface area contributed by atoms with E-state index < -0.39 is 9.05 Å². The van der Waals surface area contributed by atoms with Crippen molar-refractivity contribution in [3.05, 3.63) is 36.0 Å². The fourth-order valence-electron chi connectivity index (χ4n) is 1.93. The molecule has 17 heavy (non-hydrogen) atoms. The van der Waals surface area contributed by atoms with Crippen LogP contribution in [0.25, 0.3) is 10.9 Å². The van der Waals surface area contributed by atoms with Crippen molar-refractivity contribution in [2.45, 2.75) is 19.3 Å². The summed E-state index contributed by atoms with van der Waals surface area (Å²) >= 11 is 0. The predicted molar refractivity (Wildman–Crippen MR) is 70.9 cm³/mol. The van der Waals surface area contributed by atoms with Crippen molar-refractivity contribution in [1.29, 1.82) is 0 Å². The van der Waals surface area contributed by atoms with E-state index in [1.807, 2.05) is 24.4 Å². The van der Waals surface area contributed by atoms with E-state index in [-0.39, 0.29) is 5.75 Å². The van der Waals surface area contributed by atoms with E-state index in [4.69, 9.17) is 10.7 Å². The van der Waals surface area contributed by atoms with Gasteiger partial charge >= 0.3 is 0 Å². The van der Waals surface area contributed by atoms with E-state index >= 15 is 0 Å². The van der Waals surface area contributed by atoms with Crippen LogP contribution in [0, 0.1) is 0 Å². The summed E-state index contributed by atoms with van der Waals surface area (Å²) < 4.78 is 21.5. The van der Waals surface area contributed by atoms with Crippen LogP contribution in [0.4, 0.5) is 0 Å². The molecule has 0 aliphatic rings. The molecule has 0 atom stereocenters. The molecule has 1 aromatic heterocycles. The van der Waals surface area contributed by atoms with Crippen LogP contribution < -0.4 is 0 Å². The summed E-state index contributed by atoms with van der Waals surface area (Å²) in [6, 6.07) is 8.09. The van der Waals surface area contributed by atoms with Gasteiger partial charge in [-0.2, -0.15) is 0 Å². The van der Waals surface area contributed by atoms with Gasteiger partial charge in [0, 0.05) is 27.8 Å². The van der Waals surface area contributed by atoms with Crippen LogP contribution in [-0.2, 0) is 15.5 Å². The second-order valence-corrected chi connectivity index (χ2v) is 6.96. The lowest BCUT2D eigenvalue weighted by molar-refractivity contribution is 0.605. The molecule has 0 aliphatic heterocycles. The first-order chi connectivity index (χ1) is 8.06. The SMILES string of the molecule is O=S(=O)(Cl)CCCCc1c[nH]c2ccccc12. The van der Waals surface area contributed by atoms with Crippen LogP contribution in [0.3, 0.4) is 0 Å². The van der Waals surface area contributed by atoms with Gasteiger partial charge in [0.1, 0.15) is 0 Å². The number of benzene rings is 1. The molecule has 0 bridgehead atoms. The number of aryl methyl sites for hydroxylation is 1. The average molecular weight is 272 g/mol. The standard InChI is InChI=1S/C12H14ClNO2S/c13-17(15,16)8-4-3-5-10-9-14-12-7-2-1-6-11(10)12/h1-2,6-7,9,14H,3-5,8H2. The molecular formula is C12H14ClNO2S. The summed E-state index contributed by atoms with van der Waals surface area (Å²) in [5, 5.41) is 1.21. The molecule has 0 saturated carbocycles. The maximum absolute atomic E-state index is 10.8. The van der Waals surface area contributed by atoms with E-state index in [1.54, 1.807) is 0 Å². The zero-order valence-corrected chi connectivity index (χ0v) is 10.9. The quantitative estimate of drug-likeness (QED) is 0.671. The number of fused-ring (bicyclic) bond motifs is 1. The normalized spacial score (nSPS) is 12.1. The molecule has 92 valence electrons. The molecule has 5 heteroatoms. The molecule has 1 heterocycles. The minimum absolute atomic E-state index is 0.0525. The number of aromatic amines is 1. The molecule has 0 spiro atoms. The van der Waals surface area contributed by atoms with Crippen LogP contribution in [0.1, 0.15) is 18.4 Å². The zero-order valence-electron chi connectivity index (χ0n) is 9.32. The summed E-state index contributed by atoms with van der Waals surface area (Å²) in [6.07, 6.45) is 4.29. The number of rotatable bonds is 5. The van der Waals surface area contributed by atoms with Gasteiger partial charge in [0.05, 0.1) is 5.75 Å². The molecule has 1 N–H and O–H groups in total. The van der Waals surface area contributed by atoms with Crippen molar-refractivity contribution in [2.75, 3.05) is 5.75 Å². The number of nitrogens with one attached hydrogen (secondary N) is 1. The summed E-state index contributed by atoms with van der Waals surface area (Å²) in [5.41, 5.74) is 2.35. The lowest BCUT2D eigenvalue weighted by Crippen LogP contribution is -1.97. The van der Waals surface area contributed by atoms with E-state index in [1.165, 1.54) is 10.9 Å². The lowest BCUT2D eigenvalue weighted by Gasteiger charge is -1.99. The minimum Gasteiger partial charge on any atom is -0.361 e. The van der Waals surface area contributed by atoms with Crippen LogP contribution in [0.2, 0.25) is 0 Å². The van der Waals surface area contributed by atoms with Gasteiger partial charge in [-0.3, -0.25) is 0 Å².